The zero-order chi connectivity index (χ0) is 37.8. The maximum atomic E-state index is 14.7. The first kappa shape index (κ1) is 37.6. The summed E-state index contributed by atoms with van der Waals surface area (Å²) in [4.78, 5) is 52.6. The van der Waals surface area contributed by atoms with Crippen LogP contribution in [0.2, 0.25) is 0 Å². The van der Waals surface area contributed by atoms with Gasteiger partial charge in [-0.2, -0.15) is 0 Å². The molecular formula is C38H37N2O12P. The maximum absolute atomic E-state index is 14.7. The highest BCUT2D eigenvalue weighted by atomic mass is 31.1. The van der Waals surface area contributed by atoms with Gasteiger partial charge in [0.15, 0.2) is 6.10 Å². The lowest BCUT2D eigenvalue weighted by molar-refractivity contribution is -0.230. The molecule has 1 fully saturated rings. The number of nitrogens with zero attached hydrogens (tertiary/aromatic N) is 1. The minimum Gasteiger partial charge on any atom is -0.497 e. The van der Waals surface area contributed by atoms with Gasteiger partial charge in [-0.1, -0.05) is 84.9 Å². The third-order valence-electron chi connectivity index (χ3n) is 9.17. The van der Waals surface area contributed by atoms with Gasteiger partial charge in [-0.05, 0) is 41.0 Å². The van der Waals surface area contributed by atoms with Gasteiger partial charge in [0.2, 0.25) is 17.3 Å². The summed E-state index contributed by atoms with van der Waals surface area (Å²) in [5, 5.41) is 12.4. The second-order valence-electron chi connectivity index (χ2n) is 12.0. The number of carbonyl (C=O) groups is 1. The number of hydrogen-bond donors (Lipinski definition) is 3. The number of Topliss-reactive ketones (excluding diaryl/α,β-unsaturated/α-hetero) is 1. The molecule has 0 aliphatic carbocycles. The molecule has 1 aromatic heterocycles. The first-order chi connectivity index (χ1) is 25.5. The van der Waals surface area contributed by atoms with Crippen molar-refractivity contribution in [3.63, 3.8) is 0 Å². The van der Waals surface area contributed by atoms with Crippen molar-refractivity contribution in [2.45, 2.75) is 29.3 Å². The summed E-state index contributed by atoms with van der Waals surface area (Å²) in [5.41, 5.74) is -4.14. The third kappa shape index (κ3) is 6.78. The summed E-state index contributed by atoms with van der Waals surface area (Å²) < 4.78 is 48.5. The highest BCUT2D eigenvalue weighted by molar-refractivity contribution is 7.32. The Morgan fingerprint density at radius 3 is 1.85 bits per heavy atom. The Labute approximate surface area is 304 Å². The van der Waals surface area contributed by atoms with Gasteiger partial charge < -0.3 is 33.7 Å². The van der Waals surface area contributed by atoms with Crippen LogP contribution >= 0.6 is 8.25 Å². The standard InChI is InChI=1S/C38H37N2O12P/c1-47-29-18-14-27(15-19-29)36(26-12-8-5-9-13-26,28-16-20-30(48-2)21-17-28)50-24-31-38(44,52-53(45)46)34(49-3)37(51-31,33(42)25-10-6-4-7-11-25)40-23-22-32(41)39-35(40)43/h4-23,31,34,44,53H,24H2,1-3H3,(H,45,46)(H,39,41,43)/t31-,34+,37-,38+/m1/s1. The molecular weight excluding hydrogens is 707 g/mol. The minimum absolute atomic E-state index is 0.0170. The lowest BCUT2D eigenvalue weighted by Gasteiger charge is -2.38. The monoisotopic (exact) mass is 744 g/mol. The number of methoxy groups -OCH3 is 3. The first-order valence-corrected chi connectivity index (χ1v) is 17.6. The average molecular weight is 745 g/mol. The van der Waals surface area contributed by atoms with Crippen molar-refractivity contribution >= 4 is 14.0 Å². The Balaban J connectivity index is 1.57. The molecule has 276 valence electrons. The van der Waals surface area contributed by atoms with E-state index in [0.29, 0.717) is 28.2 Å². The van der Waals surface area contributed by atoms with Crippen LogP contribution in [0.25, 0.3) is 0 Å². The quantitative estimate of drug-likeness (QED) is 0.0651. The number of H-pyrrole nitrogens is 1. The molecule has 14 nitrogen and oxygen atoms in total. The molecule has 1 unspecified atom stereocenters. The Hall–Kier alpha value is -5.18. The van der Waals surface area contributed by atoms with Crippen LogP contribution in [-0.2, 0) is 34.6 Å². The fraction of sp³-hybridized carbons (Fsp3) is 0.237. The zero-order valence-corrected chi connectivity index (χ0v) is 29.8. The zero-order valence-electron chi connectivity index (χ0n) is 28.8. The van der Waals surface area contributed by atoms with E-state index in [1.807, 2.05) is 30.3 Å². The minimum atomic E-state index is -4.01. The summed E-state index contributed by atoms with van der Waals surface area (Å²) in [7, 11) is 0.164. The van der Waals surface area contributed by atoms with E-state index in [2.05, 4.69) is 4.98 Å². The van der Waals surface area contributed by atoms with Gasteiger partial charge in [0.1, 0.15) is 23.2 Å². The maximum Gasteiger partial charge on any atom is 0.331 e. The van der Waals surface area contributed by atoms with E-state index in [9.17, 15) is 28.9 Å². The molecule has 0 amide bonds. The SMILES string of the molecule is COc1ccc(C(OC[C@H]2O[C@@](C(=O)c3ccccc3)(n3ccc(=O)[nH]c3=O)[C@H](OC)[C@@]2(O)O[PH](=O)O)(c2ccccc2)c2ccc(OC)cc2)cc1. The molecule has 0 bridgehead atoms. The molecule has 3 N–H and O–H groups in total. The fourth-order valence-electron chi connectivity index (χ4n) is 6.77. The molecule has 15 heteroatoms. The number of hydrogen-bond acceptors (Lipinski definition) is 11. The first-order valence-electron chi connectivity index (χ1n) is 16.3. The molecule has 0 spiro atoms. The Morgan fingerprint density at radius 2 is 1.36 bits per heavy atom. The van der Waals surface area contributed by atoms with Crippen LogP contribution < -0.4 is 20.7 Å². The van der Waals surface area contributed by atoms with Gasteiger partial charge in [-0.15, -0.1) is 0 Å². The molecule has 2 heterocycles. The van der Waals surface area contributed by atoms with Crippen LogP contribution in [0.1, 0.15) is 27.0 Å². The third-order valence-corrected chi connectivity index (χ3v) is 9.67. The summed E-state index contributed by atoms with van der Waals surface area (Å²) >= 11 is 0. The van der Waals surface area contributed by atoms with Crippen molar-refractivity contribution < 1.29 is 47.6 Å². The van der Waals surface area contributed by atoms with Crippen LogP contribution in [0.4, 0.5) is 0 Å². The lowest BCUT2D eigenvalue weighted by Crippen LogP contribution is -2.60. The number of aromatic amines is 1. The predicted octanol–water partition coefficient (Wildman–Crippen LogP) is 3.60. The van der Waals surface area contributed by atoms with Crippen molar-refractivity contribution in [2.75, 3.05) is 27.9 Å². The molecule has 6 rings (SSSR count). The molecule has 1 aliphatic rings. The van der Waals surface area contributed by atoms with Crippen LogP contribution in [0.5, 0.6) is 11.5 Å². The Kier molecular flexibility index (Phi) is 10.9. The van der Waals surface area contributed by atoms with E-state index in [0.717, 1.165) is 23.9 Å². The normalized spacial score (nSPS) is 21.9. The highest BCUT2D eigenvalue weighted by Gasteiger charge is 2.71. The second kappa shape index (κ2) is 15.4. The average Bonchev–Trinajstić information content (AvgIpc) is 3.42. The van der Waals surface area contributed by atoms with Crippen LogP contribution in [-0.4, -0.2) is 71.3 Å². The number of aliphatic hydroxyl groups is 1. The van der Waals surface area contributed by atoms with E-state index >= 15 is 0 Å². The number of rotatable bonds is 14. The van der Waals surface area contributed by atoms with E-state index in [1.54, 1.807) is 66.7 Å². The second-order valence-corrected chi connectivity index (χ2v) is 12.8. The van der Waals surface area contributed by atoms with Gasteiger partial charge in [-0.25, -0.2) is 4.79 Å². The highest BCUT2D eigenvalue weighted by Crippen LogP contribution is 2.50. The Morgan fingerprint density at radius 1 is 0.830 bits per heavy atom. The molecule has 5 aromatic rings. The van der Waals surface area contributed by atoms with Crippen molar-refractivity contribution in [3.8, 4) is 11.5 Å². The molecule has 4 aromatic carbocycles. The molecule has 1 aliphatic heterocycles. The van der Waals surface area contributed by atoms with E-state index in [-0.39, 0.29) is 5.56 Å². The summed E-state index contributed by atoms with van der Waals surface area (Å²) in [5.74, 6) is -2.68. The van der Waals surface area contributed by atoms with Gasteiger partial charge >= 0.3 is 13.9 Å². The number of aromatic nitrogens is 2. The lowest BCUT2D eigenvalue weighted by atomic mass is 9.80. The number of carbonyl (C=O) groups excluding carboxylic acids is 1. The van der Waals surface area contributed by atoms with Gasteiger partial charge in [0.25, 0.3) is 5.56 Å². The van der Waals surface area contributed by atoms with Crippen LogP contribution in [0.15, 0.2) is 131 Å². The molecule has 1 saturated heterocycles. The number of ketones is 1. The summed E-state index contributed by atoms with van der Waals surface area (Å²) in [6, 6.07) is 32.0. The van der Waals surface area contributed by atoms with Crippen molar-refractivity contribution in [1.29, 1.82) is 0 Å². The van der Waals surface area contributed by atoms with E-state index in [4.69, 9.17) is 28.2 Å². The van der Waals surface area contributed by atoms with Gasteiger partial charge in [-0.3, -0.25) is 28.2 Å². The fourth-order valence-corrected chi connectivity index (χ4v) is 7.29. The van der Waals surface area contributed by atoms with Crippen molar-refractivity contribution in [2.24, 2.45) is 0 Å². The largest absolute Gasteiger partial charge is 0.497 e. The smallest absolute Gasteiger partial charge is 0.331 e. The predicted molar refractivity (Wildman–Crippen MR) is 191 cm³/mol. The van der Waals surface area contributed by atoms with Crippen LogP contribution in [0.3, 0.4) is 0 Å². The molecule has 0 saturated carbocycles. The van der Waals surface area contributed by atoms with E-state index in [1.165, 1.54) is 26.4 Å². The van der Waals surface area contributed by atoms with Crippen molar-refractivity contribution in [3.05, 3.63) is 165 Å². The number of benzene rings is 4. The Bertz CT molecular complexity index is 2130. The van der Waals surface area contributed by atoms with E-state index < -0.39 is 61.2 Å². The molecule has 5 atom stereocenters. The van der Waals surface area contributed by atoms with Crippen molar-refractivity contribution in [1.82, 2.24) is 9.55 Å². The topological polar surface area (TPSA) is 185 Å². The number of ether oxygens (including phenoxy) is 5. The summed E-state index contributed by atoms with van der Waals surface area (Å²) in [6.07, 6.45) is -2.79. The molecule has 0 radical (unpaired) electrons. The molecule has 53 heavy (non-hydrogen) atoms. The van der Waals surface area contributed by atoms with Gasteiger partial charge in [0, 0.05) is 24.9 Å². The number of nitrogens with one attached hydrogen (secondary N) is 1. The van der Waals surface area contributed by atoms with Gasteiger partial charge in [0.05, 0.1) is 20.8 Å². The van der Waals surface area contributed by atoms with Crippen LogP contribution in [0, 0.1) is 0 Å². The summed E-state index contributed by atoms with van der Waals surface area (Å²) in [6.45, 7) is -0.639.